The molecule has 0 amide bonds. The van der Waals surface area contributed by atoms with Crippen LogP contribution in [0.5, 0.6) is 0 Å². The third-order valence-corrected chi connectivity index (χ3v) is 4.53. The van der Waals surface area contributed by atoms with Gasteiger partial charge in [0.2, 0.25) is 0 Å². The number of fused-ring (bicyclic) bond motifs is 1. The number of hydrogen-bond donors (Lipinski definition) is 1. The molecular weight excluding hydrogens is 260 g/mol. The first-order chi connectivity index (χ1) is 10.3. The predicted molar refractivity (Wildman–Crippen MR) is 87.5 cm³/mol. The van der Waals surface area contributed by atoms with Crippen LogP contribution in [0.3, 0.4) is 0 Å². The minimum Gasteiger partial charge on any atom is -0.387 e. The normalized spacial score (nSPS) is 19.0. The lowest BCUT2D eigenvalue weighted by molar-refractivity contribution is 0.0750. The third kappa shape index (κ3) is 3.26. The van der Waals surface area contributed by atoms with Crippen molar-refractivity contribution in [3.8, 4) is 0 Å². The molecule has 2 aromatic rings. The Bertz CT molecular complexity index is 585. The van der Waals surface area contributed by atoms with E-state index in [1.807, 2.05) is 18.2 Å². The van der Waals surface area contributed by atoms with Crippen LogP contribution in [0.15, 0.2) is 42.5 Å². The van der Waals surface area contributed by atoms with Crippen molar-refractivity contribution in [2.75, 3.05) is 39.3 Å². The minimum atomic E-state index is -0.413. The second-order valence-corrected chi connectivity index (χ2v) is 5.82. The first-order valence-electron chi connectivity index (χ1n) is 7.88. The van der Waals surface area contributed by atoms with Crippen LogP contribution in [0.2, 0.25) is 0 Å². The maximum atomic E-state index is 10.6. The maximum Gasteiger partial charge on any atom is 0.0922 e. The van der Waals surface area contributed by atoms with Gasteiger partial charge >= 0.3 is 0 Å². The van der Waals surface area contributed by atoms with Crippen molar-refractivity contribution >= 4 is 10.8 Å². The van der Waals surface area contributed by atoms with Gasteiger partial charge in [0.25, 0.3) is 0 Å². The standard InChI is InChI=1S/C18H24N2O/c1-2-19-10-12-20(13-11-19)14-18(21)17-9-5-7-15-6-3-4-8-16(15)17/h3-9,18,21H,2,10-14H2,1H3. The van der Waals surface area contributed by atoms with E-state index in [0.717, 1.165) is 44.8 Å². The Hall–Kier alpha value is -1.42. The minimum absolute atomic E-state index is 0.413. The fraction of sp³-hybridized carbons (Fsp3) is 0.444. The number of aliphatic hydroxyl groups excluding tert-OH is 1. The molecule has 0 spiro atoms. The van der Waals surface area contributed by atoms with E-state index in [2.05, 4.69) is 41.0 Å². The zero-order valence-corrected chi connectivity index (χ0v) is 12.7. The quantitative estimate of drug-likeness (QED) is 0.934. The molecular formula is C18H24N2O. The number of β-amino-alcohol motifs (C(OH)–C–C–N with tert-alkyl or cyclic N) is 1. The molecule has 0 aromatic heterocycles. The van der Waals surface area contributed by atoms with Gasteiger partial charge in [-0.1, -0.05) is 49.4 Å². The van der Waals surface area contributed by atoms with Crippen molar-refractivity contribution in [2.45, 2.75) is 13.0 Å². The lowest BCUT2D eigenvalue weighted by Gasteiger charge is -2.35. The van der Waals surface area contributed by atoms with Crippen LogP contribution in [0.4, 0.5) is 0 Å². The molecule has 1 saturated heterocycles. The zero-order chi connectivity index (χ0) is 14.7. The molecule has 0 radical (unpaired) electrons. The van der Waals surface area contributed by atoms with Crippen molar-refractivity contribution in [3.63, 3.8) is 0 Å². The van der Waals surface area contributed by atoms with E-state index < -0.39 is 6.10 Å². The highest BCUT2D eigenvalue weighted by atomic mass is 16.3. The third-order valence-electron chi connectivity index (χ3n) is 4.53. The van der Waals surface area contributed by atoms with Gasteiger partial charge in [0, 0.05) is 32.7 Å². The fourth-order valence-corrected chi connectivity index (χ4v) is 3.17. The summed E-state index contributed by atoms with van der Waals surface area (Å²) in [5.41, 5.74) is 1.05. The molecule has 21 heavy (non-hydrogen) atoms. The average molecular weight is 284 g/mol. The Kier molecular flexibility index (Phi) is 4.54. The summed E-state index contributed by atoms with van der Waals surface area (Å²) >= 11 is 0. The molecule has 0 aliphatic carbocycles. The van der Waals surface area contributed by atoms with Crippen molar-refractivity contribution in [1.29, 1.82) is 0 Å². The largest absolute Gasteiger partial charge is 0.387 e. The summed E-state index contributed by atoms with van der Waals surface area (Å²) in [6.07, 6.45) is -0.413. The van der Waals surface area contributed by atoms with Crippen LogP contribution in [0, 0.1) is 0 Å². The number of nitrogens with zero attached hydrogens (tertiary/aromatic N) is 2. The van der Waals surface area contributed by atoms with E-state index in [0.29, 0.717) is 0 Å². The molecule has 1 heterocycles. The van der Waals surface area contributed by atoms with Crippen molar-refractivity contribution in [3.05, 3.63) is 48.0 Å². The van der Waals surface area contributed by atoms with Crippen LogP contribution in [0.25, 0.3) is 10.8 Å². The van der Waals surface area contributed by atoms with Gasteiger partial charge in [0.05, 0.1) is 6.10 Å². The van der Waals surface area contributed by atoms with Crippen LogP contribution in [-0.4, -0.2) is 54.2 Å². The summed E-state index contributed by atoms with van der Waals surface area (Å²) in [5.74, 6) is 0. The molecule has 2 aromatic carbocycles. The van der Waals surface area contributed by atoms with Crippen LogP contribution in [0.1, 0.15) is 18.6 Å². The Morgan fingerprint density at radius 3 is 2.38 bits per heavy atom. The van der Waals surface area contributed by atoms with Crippen molar-refractivity contribution in [1.82, 2.24) is 9.80 Å². The maximum absolute atomic E-state index is 10.6. The van der Waals surface area contributed by atoms with E-state index in [-0.39, 0.29) is 0 Å². The number of rotatable bonds is 4. The van der Waals surface area contributed by atoms with Gasteiger partial charge in [-0.25, -0.2) is 0 Å². The number of hydrogen-bond acceptors (Lipinski definition) is 3. The van der Waals surface area contributed by atoms with Gasteiger partial charge in [-0.3, -0.25) is 4.90 Å². The molecule has 1 unspecified atom stereocenters. The van der Waals surface area contributed by atoms with Crippen LogP contribution < -0.4 is 0 Å². The second kappa shape index (κ2) is 6.56. The molecule has 0 bridgehead atoms. The van der Waals surface area contributed by atoms with Gasteiger partial charge in [-0.2, -0.15) is 0 Å². The Morgan fingerprint density at radius 2 is 1.62 bits per heavy atom. The van der Waals surface area contributed by atoms with E-state index in [1.54, 1.807) is 0 Å². The molecule has 1 N–H and O–H groups in total. The summed E-state index contributed by atoms with van der Waals surface area (Å²) in [7, 11) is 0. The predicted octanol–water partition coefficient (Wildman–Crippen LogP) is 2.51. The molecule has 0 saturated carbocycles. The molecule has 3 nitrogen and oxygen atoms in total. The first-order valence-corrected chi connectivity index (χ1v) is 7.88. The van der Waals surface area contributed by atoms with Crippen molar-refractivity contribution in [2.24, 2.45) is 0 Å². The van der Waals surface area contributed by atoms with Gasteiger partial charge in [0.1, 0.15) is 0 Å². The van der Waals surface area contributed by atoms with E-state index in [1.165, 1.54) is 10.8 Å². The van der Waals surface area contributed by atoms with Gasteiger partial charge in [-0.15, -0.1) is 0 Å². The Balaban J connectivity index is 1.71. The van der Waals surface area contributed by atoms with E-state index in [9.17, 15) is 5.11 Å². The zero-order valence-electron chi connectivity index (χ0n) is 12.7. The highest BCUT2D eigenvalue weighted by Crippen LogP contribution is 2.25. The van der Waals surface area contributed by atoms with Gasteiger partial charge < -0.3 is 10.0 Å². The number of likely N-dealkylation sites (N-methyl/N-ethyl adjacent to an activating group) is 1. The van der Waals surface area contributed by atoms with E-state index >= 15 is 0 Å². The summed E-state index contributed by atoms with van der Waals surface area (Å²) < 4.78 is 0. The van der Waals surface area contributed by atoms with Crippen molar-refractivity contribution < 1.29 is 5.11 Å². The van der Waals surface area contributed by atoms with Crippen LogP contribution in [-0.2, 0) is 0 Å². The molecule has 3 heteroatoms. The number of benzene rings is 2. The summed E-state index contributed by atoms with van der Waals surface area (Å²) in [6.45, 7) is 8.38. The first kappa shape index (κ1) is 14.5. The smallest absolute Gasteiger partial charge is 0.0922 e. The monoisotopic (exact) mass is 284 g/mol. The molecule has 1 aliphatic rings. The SMILES string of the molecule is CCN1CCN(CC(O)c2cccc3ccccc23)CC1. The van der Waals surface area contributed by atoms with Gasteiger partial charge in [-0.05, 0) is 22.9 Å². The Labute approximate surface area is 126 Å². The van der Waals surface area contributed by atoms with Crippen LogP contribution >= 0.6 is 0 Å². The molecule has 1 atom stereocenters. The second-order valence-electron chi connectivity index (χ2n) is 5.82. The lowest BCUT2D eigenvalue weighted by Crippen LogP contribution is -2.47. The van der Waals surface area contributed by atoms with E-state index in [4.69, 9.17) is 0 Å². The summed E-state index contributed by atoms with van der Waals surface area (Å²) in [6, 6.07) is 14.5. The molecule has 3 rings (SSSR count). The molecule has 1 fully saturated rings. The summed E-state index contributed by atoms with van der Waals surface area (Å²) in [5, 5.41) is 13.0. The number of aliphatic hydroxyl groups is 1. The highest BCUT2D eigenvalue weighted by Gasteiger charge is 2.19. The highest BCUT2D eigenvalue weighted by molar-refractivity contribution is 5.85. The summed E-state index contributed by atoms with van der Waals surface area (Å²) in [4.78, 5) is 4.83. The average Bonchev–Trinajstić information content (AvgIpc) is 2.55. The van der Waals surface area contributed by atoms with Gasteiger partial charge in [0.15, 0.2) is 0 Å². The Morgan fingerprint density at radius 1 is 0.952 bits per heavy atom. The topological polar surface area (TPSA) is 26.7 Å². The fourth-order valence-electron chi connectivity index (χ4n) is 3.17. The molecule has 112 valence electrons. The number of piperazine rings is 1. The molecule has 1 aliphatic heterocycles. The lowest BCUT2D eigenvalue weighted by atomic mass is 10.00.